The maximum Gasteiger partial charge on any atom is 0.339 e. The lowest BCUT2D eigenvalue weighted by atomic mass is 10.2. The Balaban J connectivity index is 1.63. The molecule has 1 amide bonds. The topological polar surface area (TPSA) is 94.1 Å². The molecular weight excluding hydrogens is 588 g/mol. The summed E-state index contributed by atoms with van der Waals surface area (Å²) < 4.78 is 37.2. The van der Waals surface area contributed by atoms with Crippen LogP contribution in [0.25, 0.3) is 6.08 Å². The number of aryl methyl sites for hydroxylation is 1. The van der Waals surface area contributed by atoms with Crippen molar-refractivity contribution in [3.8, 4) is 11.5 Å². The number of halogens is 2. The minimum Gasteiger partial charge on any atom is -0.490 e. The quantitative estimate of drug-likeness (QED) is 0.244. The van der Waals surface area contributed by atoms with Gasteiger partial charge in [-0.25, -0.2) is 4.99 Å². The number of aliphatic imine (C=N–C) groups is 1. The van der Waals surface area contributed by atoms with Crippen LogP contribution >= 0.6 is 39.3 Å². The standard InChI is InChI=1S/C25H20BrClN2O5S2/c1-3-33-21-12-16(11-20(26)23(21)34-36(31,32)19-9-7-15(2)8-10-19)13-22-24(30)29-25(35-22)28-18-6-4-5-17(27)14-18/h4-14H,3H2,1-2H3,(H,28,29,30)/b22-13+. The minimum atomic E-state index is -4.10. The van der Waals surface area contributed by atoms with Crippen molar-refractivity contribution >= 4 is 72.2 Å². The van der Waals surface area contributed by atoms with Gasteiger partial charge in [-0.1, -0.05) is 35.4 Å². The zero-order chi connectivity index (χ0) is 25.9. The average molecular weight is 608 g/mol. The second kappa shape index (κ2) is 11.1. The van der Waals surface area contributed by atoms with E-state index in [1.807, 2.05) is 6.92 Å². The maximum atomic E-state index is 12.8. The molecular formula is C25H20BrClN2O5S2. The third-order valence-corrected chi connectivity index (χ3v) is 7.79. The van der Waals surface area contributed by atoms with Gasteiger partial charge in [0, 0.05) is 5.02 Å². The van der Waals surface area contributed by atoms with Crippen molar-refractivity contribution in [1.82, 2.24) is 5.32 Å². The summed E-state index contributed by atoms with van der Waals surface area (Å²) in [6, 6.07) is 16.6. The lowest BCUT2D eigenvalue weighted by Gasteiger charge is -2.14. The van der Waals surface area contributed by atoms with Crippen LogP contribution in [-0.4, -0.2) is 26.1 Å². The number of carbonyl (C=O) groups excluding carboxylic acids is 1. The Labute approximate surface area is 226 Å². The minimum absolute atomic E-state index is 0.0197. The second-order valence-electron chi connectivity index (χ2n) is 7.58. The summed E-state index contributed by atoms with van der Waals surface area (Å²) in [6.07, 6.45) is 1.66. The van der Waals surface area contributed by atoms with E-state index in [-0.39, 0.29) is 28.9 Å². The zero-order valence-corrected chi connectivity index (χ0v) is 23.1. The predicted molar refractivity (Wildman–Crippen MR) is 147 cm³/mol. The Morgan fingerprint density at radius 1 is 1.14 bits per heavy atom. The van der Waals surface area contributed by atoms with E-state index in [4.69, 9.17) is 20.5 Å². The number of nitrogens with one attached hydrogen (secondary N) is 1. The van der Waals surface area contributed by atoms with Gasteiger partial charge < -0.3 is 14.2 Å². The molecule has 0 spiro atoms. The highest BCUT2D eigenvalue weighted by atomic mass is 79.9. The first kappa shape index (κ1) is 26.3. The van der Waals surface area contributed by atoms with Gasteiger partial charge in [0.1, 0.15) is 4.90 Å². The third kappa shape index (κ3) is 6.31. The summed E-state index contributed by atoms with van der Waals surface area (Å²) in [7, 11) is -4.10. The van der Waals surface area contributed by atoms with Crippen LogP contribution in [0.15, 0.2) is 79.9 Å². The van der Waals surface area contributed by atoms with E-state index in [1.54, 1.807) is 61.5 Å². The number of nitrogens with zero attached hydrogens (tertiary/aromatic N) is 1. The van der Waals surface area contributed by atoms with Crippen molar-refractivity contribution in [3.63, 3.8) is 0 Å². The van der Waals surface area contributed by atoms with Crippen LogP contribution in [0.1, 0.15) is 18.1 Å². The fourth-order valence-corrected chi connectivity index (χ4v) is 5.80. The highest BCUT2D eigenvalue weighted by Crippen LogP contribution is 2.40. The highest BCUT2D eigenvalue weighted by molar-refractivity contribution is 9.10. The Morgan fingerprint density at radius 2 is 1.89 bits per heavy atom. The van der Waals surface area contributed by atoms with E-state index in [0.29, 0.717) is 30.8 Å². The summed E-state index contributed by atoms with van der Waals surface area (Å²) in [5.41, 5.74) is 2.15. The largest absolute Gasteiger partial charge is 0.490 e. The van der Waals surface area contributed by atoms with Crippen LogP contribution in [0.5, 0.6) is 11.5 Å². The van der Waals surface area contributed by atoms with Crippen molar-refractivity contribution in [2.75, 3.05) is 6.61 Å². The number of hydrogen-bond acceptors (Lipinski definition) is 7. The van der Waals surface area contributed by atoms with E-state index in [1.165, 1.54) is 23.9 Å². The van der Waals surface area contributed by atoms with E-state index in [0.717, 1.165) is 5.56 Å². The van der Waals surface area contributed by atoms with Gasteiger partial charge in [0.2, 0.25) is 0 Å². The van der Waals surface area contributed by atoms with Crippen LogP contribution in [0, 0.1) is 6.92 Å². The number of carbonyl (C=O) groups is 1. The number of rotatable bonds is 7. The van der Waals surface area contributed by atoms with Crippen molar-refractivity contribution < 1.29 is 22.1 Å². The van der Waals surface area contributed by atoms with Gasteiger partial charge in [0.15, 0.2) is 16.7 Å². The van der Waals surface area contributed by atoms with Gasteiger partial charge in [-0.05, 0) is 95.6 Å². The molecule has 186 valence electrons. The summed E-state index contributed by atoms with van der Waals surface area (Å²) >= 11 is 10.6. The molecule has 0 saturated carbocycles. The molecule has 36 heavy (non-hydrogen) atoms. The molecule has 0 radical (unpaired) electrons. The normalized spacial score (nSPS) is 15.8. The molecule has 3 aromatic carbocycles. The Hall–Kier alpha value is -2.79. The van der Waals surface area contributed by atoms with Gasteiger partial charge >= 0.3 is 10.1 Å². The SMILES string of the molecule is CCOc1cc(/C=C2/SC(=Nc3cccc(Cl)c3)NC2=O)cc(Br)c1OS(=O)(=O)c1ccc(C)cc1. The van der Waals surface area contributed by atoms with Crippen molar-refractivity contribution in [1.29, 1.82) is 0 Å². The molecule has 1 aliphatic rings. The number of amidine groups is 1. The van der Waals surface area contributed by atoms with E-state index in [9.17, 15) is 13.2 Å². The molecule has 4 rings (SSSR count). The van der Waals surface area contributed by atoms with Gasteiger partial charge in [0.25, 0.3) is 5.91 Å². The predicted octanol–water partition coefficient (Wildman–Crippen LogP) is 6.47. The molecule has 1 fully saturated rings. The van der Waals surface area contributed by atoms with Crippen LogP contribution in [0.3, 0.4) is 0 Å². The molecule has 0 atom stereocenters. The molecule has 1 N–H and O–H groups in total. The highest BCUT2D eigenvalue weighted by Gasteiger charge is 2.25. The lowest BCUT2D eigenvalue weighted by Crippen LogP contribution is -2.19. The molecule has 7 nitrogen and oxygen atoms in total. The number of amides is 1. The van der Waals surface area contributed by atoms with Gasteiger partial charge in [-0.2, -0.15) is 8.42 Å². The van der Waals surface area contributed by atoms with Gasteiger partial charge in [0.05, 0.1) is 21.7 Å². The average Bonchev–Trinajstić information content (AvgIpc) is 3.15. The van der Waals surface area contributed by atoms with Crippen LogP contribution in [0.2, 0.25) is 5.02 Å². The molecule has 0 aliphatic carbocycles. The Bertz CT molecular complexity index is 1490. The molecule has 1 saturated heterocycles. The molecule has 1 heterocycles. The second-order valence-corrected chi connectivity index (χ2v) is 11.4. The summed E-state index contributed by atoms with van der Waals surface area (Å²) in [5.74, 6) is -0.0749. The molecule has 0 bridgehead atoms. The summed E-state index contributed by atoms with van der Waals surface area (Å²) in [4.78, 5) is 17.4. The molecule has 0 unspecified atom stereocenters. The molecule has 3 aromatic rings. The number of thioether (sulfide) groups is 1. The Morgan fingerprint density at radius 3 is 2.58 bits per heavy atom. The zero-order valence-electron chi connectivity index (χ0n) is 19.1. The fraction of sp³-hybridized carbons (Fsp3) is 0.120. The molecule has 0 aromatic heterocycles. The first-order valence-electron chi connectivity index (χ1n) is 10.7. The van der Waals surface area contributed by atoms with Crippen LogP contribution in [0.4, 0.5) is 5.69 Å². The van der Waals surface area contributed by atoms with Gasteiger partial charge in [-0.15, -0.1) is 0 Å². The van der Waals surface area contributed by atoms with E-state index >= 15 is 0 Å². The number of ether oxygens (including phenoxy) is 1. The third-order valence-electron chi connectivity index (χ3n) is 4.82. The molecule has 11 heteroatoms. The first-order chi connectivity index (χ1) is 17.1. The number of benzene rings is 3. The van der Waals surface area contributed by atoms with E-state index in [2.05, 4.69) is 26.2 Å². The maximum absolute atomic E-state index is 12.8. The smallest absolute Gasteiger partial charge is 0.339 e. The van der Waals surface area contributed by atoms with Crippen molar-refractivity contribution in [2.45, 2.75) is 18.7 Å². The summed E-state index contributed by atoms with van der Waals surface area (Å²) in [6.45, 7) is 3.92. The van der Waals surface area contributed by atoms with Gasteiger partial charge in [-0.3, -0.25) is 4.79 Å². The van der Waals surface area contributed by atoms with Crippen LogP contribution in [-0.2, 0) is 14.9 Å². The van der Waals surface area contributed by atoms with Crippen molar-refractivity contribution in [3.05, 3.63) is 86.2 Å². The van der Waals surface area contributed by atoms with Crippen molar-refractivity contribution in [2.24, 2.45) is 4.99 Å². The van der Waals surface area contributed by atoms with E-state index < -0.39 is 10.1 Å². The molecule has 1 aliphatic heterocycles. The summed E-state index contributed by atoms with van der Waals surface area (Å²) in [5, 5.41) is 3.69. The lowest BCUT2D eigenvalue weighted by molar-refractivity contribution is -0.115. The number of hydrogen-bond donors (Lipinski definition) is 1. The fourth-order valence-electron chi connectivity index (χ4n) is 3.17. The Kier molecular flexibility index (Phi) is 8.09. The van der Waals surface area contributed by atoms with Crippen LogP contribution < -0.4 is 14.2 Å². The monoisotopic (exact) mass is 606 g/mol. The first-order valence-corrected chi connectivity index (χ1v) is 14.1.